The summed E-state index contributed by atoms with van der Waals surface area (Å²) in [6.07, 6.45) is 3.80. The summed E-state index contributed by atoms with van der Waals surface area (Å²) in [5, 5.41) is 1.01. The van der Waals surface area contributed by atoms with E-state index < -0.39 is 0 Å². The van der Waals surface area contributed by atoms with Gasteiger partial charge in [0.1, 0.15) is 17.8 Å². The predicted molar refractivity (Wildman–Crippen MR) is 75.0 cm³/mol. The Hall–Kier alpha value is -1.62. The average molecular weight is 260 g/mol. The van der Waals surface area contributed by atoms with Crippen LogP contribution in [-0.4, -0.2) is 27.7 Å². The Bertz CT molecular complexity index is 599. The highest BCUT2D eigenvalue weighted by Crippen LogP contribution is 2.29. The highest BCUT2D eigenvalue weighted by Gasteiger charge is 2.20. The van der Waals surface area contributed by atoms with Gasteiger partial charge in [-0.15, -0.1) is 0 Å². The van der Waals surface area contributed by atoms with Crippen molar-refractivity contribution < 1.29 is 4.74 Å². The molecule has 1 saturated heterocycles. The second kappa shape index (κ2) is 4.81. The van der Waals surface area contributed by atoms with Crippen molar-refractivity contribution in [3.63, 3.8) is 0 Å². The Balaban J connectivity index is 2.03. The van der Waals surface area contributed by atoms with E-state index in [0.29, 0.717) is 11.7 Å². The van der Waals surface area contributed by atoms with E-state index >= 15 is 0 Å². The molecule has 0 aromatic carbocycles. The summed E-state index contributed by atoms with van der Waals surface area (Å²) in [4.78, 5) is 8.53. The van der Waals surface area contributed by atoms with E-state index in [4.69, 9.17) is 10.5 Å². The largest absolute Gasteiger partial charge is 0.383 e. The molecule has 3 heterocycles. The second-order valence-corrected chi connectivity index (χ2v) is 5.33. The van der Waals surface area contributed by atoms with Crippen LogP contribution in [0, 0.1) is 19.8 Å². The fraction of sp³-hybridized carbons (Fsp3) is 0.571. The van der Waals surface area contributed by atoms with Gasteiger partial charge in [0.25, 0.3) is 0 Å². The molecule has 3 rings (SSSR count). The normalized spacial score (nSPS) is 17.2. The van der Waals surface area contributed by atoms with Gasteiger partial charge >= 0.3 is 0 Å². The molecule has 1 aliphatic rings. The number of aryl methyl sites for hydroxylation is 1. The number of nitrogen functional groups attached to an aromatic ring is 1. The summed E-state index contributed by atoms with van der Waals surface area (Å²) >= 11 is 0. The zero-order chi connectivity index (χ0) is 13.4. The zero-order valence-electron chi connectivity index (χ0n) is 11.5. The van der Waals surface area contributed by atoms with E-state index in [1.807, 2.05) is 0 Å². The number of fused-ring (bicyclic) bond motifs is 1. The molecule has 1 fully saturated rings. The Morgan fingerprint density at radius 1 is 1.32 bits per heavy atom. The molecule has 0 bridgehead atoms. The van der Waals surface area contributed by atoms with E-state index in [0.717, 1.165) is 43.6 Å². The van der Waals surface area contributed by atoms with Crippen LogP contribution in [-0.2, 0) is 11.3 Å². The summed E-state index contributed by atoms with van der Waals surface area (Å²) in [5.74, 6) is 1.25. The van der Waals surface area contributed by atoms with Crippen molar-refractivity contribution in [3.8, 4) is 0 Å². The maximum absolute atomic E-state index is 5.99. The molecule has 102 valence electrons. The number of anilines is 1. The van der Waals surface area contributed by atoms with Crippen LogP contribution in [0.15, 0.2) is 6.33 Å². The first-order chi connectivity index (χ1) is 9.18. The van der Waals surface area contributed by atoms with Gasteiger partial charge in [-0.1, -0.05) is 0 Å². The number of nitrogens with zero attached hydrogens (tertiary/aromatic N) is 3. The van der Waals surface area contributed by atoms with Crippen molar-refractivity contribution in [3.05, 3.63) is 17.6 Å². The van der Waals surface area contributed by atoms with Gasteiger partial charge in [0.2, 0.25) is 0 Å². The highest BCUT2D eigenvalue weighted by molar-refractivity contribution is 5.90. The Morgan fingerprint density at radius 2 is 2.05 bits per heavy atom. The summed E-state index contributed by atoms with van der Waals surface area (Å²) < 4.78 is 7.71. The fourth-order valence-electron chi connectivity index (χ4n) is 2.91. The lowest BCUT2D eigenvalue weighted by molar-refractivity contribution is 0.0614. The van der Waals surface area contributed by atoms with Crippen molar-refractivity contribution in [2.45, 2.75) is 33.2 Å². The molecule has 0 radical (unpaired) electrons. The van der Waals surface area contributed by atoms with Gasteiger partial charge in [-0.2, -0.15) is 0 Å². The van der Waals surface area contributed by atoms with Gasteiger partial charge in [-0.05, 0) is 38.2 Å². The van der Waals surface area contributed by atoms with E-state index in [1.54, 1.807) is 6.33 Å². The lowest BCUT2D eigenvalue weighted by Gasteiger charge is -2.23. The van der Waals surface area contributed by atoms with Gasteiger partial charge in [0, 0.05) is 25.5 Å². The van der Waals surface area contributed by atoms with Crippen LogP contribution in [0.4, 0.5) is 5.82 Å². The summed E-state index contributed by atoms with van der Waals surface area (Å²) in [6, 6.07) is 0. The summed E-state index contributed by atoms with van der Waals surface area (Å²) in [7, 11) is 0. The number of nitrogens with two attached hydrogens (primary N) is 1. The molecule has 0 unspecified atom stereocenters. The Morgan fingerprint density at radius 3 is 2.79 bits per heavy atom. The molecule has 5 heteroatoms. The van der Waals surface area contributed by atoms with E-state index in [9.17, 15) is 0 Å². The van der Waals surface area contributed by atoms with Crippen LogP contribution in [0.25, 0.3) is 11.0 Å². The van der Waals surface area contributed by atoms with Crippen molar-refractivity contribution in [1.82, 2.24) is 14.5 Å². The van der Waals surface area contributed by atoms with Crippen LogP contribution in [0.2, 0.25) is 0 Å². The quantitative estimate of drug-likeness (QED) is 0.897. The number of hydrogen-bond acceptors (Lipinski definition) is 4. The Kier molecular flexibility index (Phi) is 3.14. The maximum atomic E-state index is 5.99. The third-order valence-electron chi connectivity index (χ3n) is 4.22. The van der Waals surface area contributed by atoms with Crippen LogP contribution in [0.5, 0.6) is 0 Å². The van der Waals surface area contributed by atoms with Crippen molar-refractivity contribution in [1.29, 1.82) is 0 Å². The minimum Gasteiger partial charge on any atom is -0.383 e. The highest BCUT2D eigenvalue weighted by atomic mass is 16.5. The van der Waals surface area contributed by atoms with Crippen LogP contribution >= 0.6 is 0 Å². The molecule has 2 N–H and O–H groups in total. The van der Waals surface area contributed by atoms with E-state index in [-0.39, 0.29) is 0 Å². The van der Waals surface area contributed by atoms with Crippen LogP contribution < -0.4 is 5.73 Å². The fourth-order valence-corrected chi connectivity index (χ4v) is 2.91. The maximum Gasteiger partial charge on any atom is 0.145 e. The average Bonchev–Trinajstić information content (AvgIpc) is 2.66. The molecule has 19 heavy (non-hydrogen) atoms. The van der Waals surface area contributed by atoms with Crippen LogP contribution in [0.1, 0.15) is 24.1 Å². The molecular weight excluding hydrogens is 240 g/mol. The molecule has 0 saturated carbocycles. The summed E-state index contributed by atoms with van der Waals surface area (Å²) in [5.41, 5.74) is 9.39. The first kappa shape index (κ1) is 12.4. The topological polar surface area (TPSA) is 66.0 Å². The molecule has 0 amide bonds. The van der Waals surface area contributed by atoms with Crippen molar-refractivity contribution in [2.24, 2.45) is 5.92 Å². The minimum absolute atomic E-state index is 0.580. The molecule has 2 aromatic rings. The predicted octanol–water partition coefficient (Wildman–Crippen LogP) is 2.06. The number of ether oxygens (including phenoxy) is 1. The smallest absolute Gasteiger partial charge is 0.145 e. The Labute approximate surface area is 112 Å². The van der Waals surface area contributed by atoms with Crippen molar-refractivity contribution in [2.75, 3.05) is 18.9 Å². The molecule has 5 nitrogen and oxygen atoms in total. The van der Waals surface area contributed by atoms with Gasteiger partial charge in [-0.3, -0.25) is 0 Å². The molecule has 1 aliphatic heterocycles. The second-order valence-electron chi connectivity index (χ2n) is 5.33. The minimum atomic E-state index is 0.580. The lowest BCUT2D eigenvalue weighted by atomic mass is 10.0. The first-order valence-corrected chi connectivity index (χ1v) is 6.82. The first-order valence-electron chi connectivity index (χ1n) is 6.82. The standard InChI is InChI=1S/C14H20N4O/c1-9-10(2)18(7-11-3-5-19-6-4-11)14-12(9)13(15)16-8-17-14/h8,11H,3-7H2,1-2H3,(H2,15,16,17). The molecule has 0 aliphatic carbocycles. The van der Waals surface area contributed by atoms with Crippen molar-refractivity contribution >= 4 is 16.9 Å². The third-order valence-corrected chi connectivity index (χ3v) is 4.22. The molecule has 0 atom stereocenters. The third kappa shape index (κ3) is 2.08. The molecular formula is C14H20N4O. The number of aromatic nitrogens is 3. The van der Waals surface area contributed by atoms with Gasteiger partial charge in [0.05, 0.1) is 5.39 Å². The number of rotatable bonds is 2. The van der Waals surface area contributed by atoms with E-state index in [2.05, 4.69) is 28.4 Å². The lowest BCUT2D eigenvalue weighted by Crippen LogP contribution is -2.21. The molecule has 2 aromatic heterocycles. The molecule has 0 spiro atoms. The van der Waals surface area contributed by atoms with Gasteiger partial charge in [-0.25, -0.2) is 9.97 Å². The van der Waals surface area contributed by atoms with E-state index in [1.165, 1.54) is 11.3 Å². The SMILES string of the molecule is Cc1c(C)n(CC2CCOCC2)c2ncnc(N)c12. The zero-order valence-corrected chi connectivity index (χ0v) is 11.5. The number of hydrogen-bond donors (Lipinski definition) is 1. The van der Waals surface area contributed by atoms with Crippen LogP contribution in [0.3, 0.4) is 0 Å². The monoisotopic (exact) mass is 260 g/mol. The van der Waals surface area contributed by atoms with Gasteiger partial charge < -0.3 is 15.0 Å². The van der Waals surface area contributed by atoms with Gasteiger partial charge in [0.15, 0.2) is 0 Å². The summed E-state index contributed by atoms with van der Waals surface area (Å²) in [6.45, 7) is 6.97.